The molecule has 0 bridgehead atoms. The number of aromatic nitrogens is 2. The Kier molecular flexibility index (Phi) is 4.81. The van der Waals surface area contributed by atoms with Crippen LogP contribution in [0.15, 0.2) is 47.8 Å². The minimum Gasteiger partial charge on any atom is -0.352 e. The number of carbonyl (C=O) groups is 1. The Bertz CT molecular complexity index is 919. The Labute approximate surface area is 158 Å². The zero-order valence-corrected chi connectivity index (χ0v) is 15.1. The summed E-state index contributed by atoms with van der Waals surface area (Å²) in [5.74, 6) is -1.57. The summed E-state index contributed by atoms with van der Waals surface area (Å²) in [7, 11) is 0. The van der Waals surface area contributed by atoms with Crippen LogP contribution in [-0.4, -0.2) is 47.2 Å². The van der Waals surface area contributed by atoms with Gasteiger partial charge in [0.2, 0.25) is 0 Å². The normalized spacial score (nSPS) is 14.4. The van der Waals surface area contributed by atoms with E-state index in [1.807, 2.05) is 34.5 Å². The van der Waals surface area contributed by atoms with Crippen LogP contribution in [0, 0.1) is 11.6 Å². The van der Waals surface area contributed by atoms with Crippen LogP contribution in [0.2, 0.25) is 0 Å². The Morgan fingerprint density at radius 3 is 2.26 bits per heavy atom. The zero-order valence-electron chi connectivity index (χ0n) is 14.3. The first-order valence-corrected chi connectivity index (χ1v) is 9.37. The Morgan fingerprint density at radius 1 is 0.926 bits per heavy atom. The molecule has 0 radical (unpaired) electrons. The molecule has 0 aliphatic carbocycles. The summed E-state index contributed by atoms with van der Waals surface area (Å²) in [4.78, 5) is 17.0. The van der Waals surface area contributed by atoms with Crippen LogP contribution in [0.5, 0.6) is 0 Å². The molecule has 0 spiro atoms. The van der Waals surface area contributed by atoms with E-state index in [2.05, 4.69) is 10.2 Å². The molecule has 1 aromatic carbocycles. The van der Waals surface area contributed by atoms with Gasteiger partial charge in [-0.1, -0.05) is 12.1 Å². The summed E-state index contributed by atoms with van der Waals surface area (Å²) < 4.78 is 27.7. The van der Waals surface area contributed by atoms with Gasteiger partial charge >= 0.3 is 0 Å². The number of amides is 1. The maximum atomic E-state index is 13.8. The van der Waals surface area contributed by atoms with Crippen LogP contribution in [0.3, 0.4) is 0 Å². The number of thiophene rings is 1. The van der Waals surface area contributed by atoms with Crippen molar-refractivity contribution in [1.29, 1.82) is 0 Å². The van der Waals surface area contributed by atoms with Gasteiger partial charge in [-0.2, -0.15) is 0 Å². The van der Waals surface area contributed by atoms with Gasteiger partial charge in [0.25, 0.3) is 5.91 Å². The molecule has 1 fully saturated rings. The molecule has 1 aliphatic rings. The molecule has 4 rings (SSSR count). The summed E-state index contributed by atoms with van der Waals surface area (Å²) >= 11 is 1.60. The standard InChI is InChI=1S/C19H16F2N4OS/c20-13-3-1-4-14(21)18(13)19(26)25-10-8-24(9-11-25)17-7-6-15(22-23-17)16-5-2-12-27-16/h1-7,12H,8-11H2. The lowest BCUT2D eigenvalue weighted by Crippen LogP contribution is -2.49. The van der Waals surface area contributed by atoms with Crippen molar-refractivity contribution >= 4 is 23.1 Å². The minimum atomic E-state index is -0.836. The van der Waals surface area contributed by atoms with Gasteiger partial charge in [-0.3, -0.25) is 4.79 Å². The number of halogens is 2. The van der Waals surface area contributed by atoms with Gasteiger partial charge in [0.05, 0.1) is 4.88 Å². The van der Waals surface area contributed by atoms with Gasteiger partial charge in [-0.25, -0.2) is 8.78 Å². The highest BCUT2D eigenvalue weighted by molar-refractivity contribution is 7.13. The number of piperazine rings is 1. The Hall–Kier alpha value is -2.87. The van der Waals surface area contributed by atoms with Crippen molar-refractivity contribution < 1.29 is 13.6 Å². The van der Waals surface area contributed by atoms with Crippen LogP contribution in [0.1, 0.15) is 10.4 Å². The van der Waals surface area contributed by atoms with Gasteiger partial charge in [0, 0.05) is 26.2 Å². The number of rotatable bonds is 3. The summed E-state index contributed by atoms with van der Waals surface area (Å²) in [6, 6.07) is 11.2. The molecule has 3 aromatic rings. The molecule has 27 heavy (non-hydrogen) atoms. The smallest absolute Gasteiger partial charge is 0.259 e. The van der Waals surface area contributed by atoms with E-state index >= 15 is 0 Å². The molecule has 8 heteroatoms. The fourth-order valence-corrected chi connectivity index (χ4v) is 3.74. The lowest BCUT2D eigenvalue weighted by molar-refractivity contribution is 0.0736. The third kappa shape index (κ3) is 3.52. The second-order valence-corrected chi connectivity index (χ2v) is 7.08. The van der Waals surface area contributed by atoms with Gasteiger partial charge < -0.3 is 9.80 Å². The number of anilines is 1. The molecule has 0 atom stereocenters. The van der Waals surface area contributed by atoms with E-state index in [-0.39, 0.29) is 0 Å². The fraction of sp³-hybridized carbons (Fsp3) is 0.211. The van der Waals surface area contributed by atoms with Crippen molar-refractivity contribution in [3.05, 3.63) is 65.0 Å². The lowest BCUT2D eigenvalue weighted by Gasteiger charge is -2.35. The summed E-state index contributed by atoms with van der Waals surface area (Å²) in [5, 5.41) is 10.5. The molecule has 2 aromatic heterocycles. The van der Waals surface area contributed by atoms with Crippen molar-refractivity contribution in [3.8, 4) is 10.6 Å². The molecule has 0 saturated carbocycles. The predicted molar refractivity (Wildman–Crippen MR) is 99.8 cm³/mol. The first kappa shape index (κ1) is 17.5. The topological polar surface area (TPSA) is 49.3 Å². The number of hydrogen-bond donors (Lipinski definition) is 0. The highest BCUT2D eigenvalue weighted by Gasteiger charge is 2.27. The van der Waals surface area contributed by atoms with Gasteiger partial charge in [-0.15, -0.1) is 21.5 Å². The van der Waals surface area contributed by atoms with Crippen LogP contribution in [-0.2, 0) is 0 Å². The van der Waals surface area contributed by atoms with Crippen molar-refractivity contribution in [2.75, 3.05) is 31.1 Å². The highest BCUT2D eigenvalue weighted by atomic mass is 32.1. The average Bonchev–Trinajstić information content (AvgIpc) is 3.23. The van der Waals surface area contributed by atoms with Crippen LogP contribution in [0.25, 0.3) is 10.6 Å². The molecule has 1 aliphatic heterocycles. The van der Waals surface area contributed by atoms with Gasteiger partial charge in [0.15, 0.2) is 5.82 Å². The monoisotopic (exact) mass is 386 g/mol. The first-order valence-electron chi connectivity index (χ1n) is 8.49. The summed E-state index contributed by atoms with van der Waals surface area (Å²) in [6.07, 6.45) is 0. The van der Waals surface area contributed by atoms with E-state index in [9.17, 15) is 13.6 Å². The third-order valence-electron chi connectivity index (χ3n) is 4.49. The van der Waals surface area contributed by atoms with Gasteiger partial charge in [-0.05, 0) is 35.7 Å². The van der Waals surface area contributed by atoms with Gasteiger partial charge in [0.1, 0.15) is 22.9 Å². The molecule has 3 heterocycles. The lowest BCUT2D eigenvalue weighted by atomic mass is 10.1. The fourth-order valence-electron chi connectivity index (χ4n) is 3.05. The number of benzene rings is 1. The van der Waals surface area contributed by atoms with Crippen LogP contribution >= 0.6 is 11.3 Å². The van der Waals surface area contributed by atoms with Crippen LogP contribution < -0.4 is 4.90 Å². The van der Waals surface area contributed by atoms with Crippen molar-refractivity contribution in [2.24, 2.45) is 0 Å². The van der Waals surface area contributed by atoms with Crippen molar-refractivity contribution in [1.82, 2.24) is 15.1 Å². The zero-order chi connectivity index (χ0) is 18.8. The van der Waals surface area contributed by atoms with E-state index in [4.69, 9.17) is 0 Å². The molecular formula is C19H16F2N4OS. The largest absolute Gasteiger partial charge is 0.352 e. The highest BCUT2D eigenvalue weighted by Crippen LogP contribution is 2.24. The SMILES string of the molecule is O=C(c1c(F)cccc1F)N1CCN(c2ccc(-c3cccs3)nn2)CC1. The van der Waals surface area contributed by atoms with Crippen molar-refractivity contribution in [2.45, 2.75) is 0 Å². The van der Waals surface area contributed by atoms with E-state index in [0.29, 0.717) is 26.2 Å². The Balaban J connectivity index is 1.42. The van der Waals surface area contributed by atoms with E-state index in [1.54, 1.807) is 11.3 Å². The quantitative estimate of drug-likeness (QED) is 0.692. The second-order valence-electron chi connectivity index (χ2n) is 6.13. The molecular weight excluding hydrogens is 370 g/mol. The van der Waals surface area contributed by atoms with Crippen molar-refractivity contribution in [3.63, 3.8) is 0 Å². The van der Waals surface area contributed by atoms with E-state index in [0.717, 1.165) is 28.5 Å². The molecule has 0 N–H and O–H groups in total. The second kappa shape index (κ2) is 7.40. The molecule has 138 valence electrons. The predicted octanol–water partition coefficient (Wildman–Crippen LogP) is 3.45. The summed E-state index contributed by atoms with van der Waals surface area (Å²) in [6.45, 7) is 1.77. The number of hydrogen-bond acceptors (Lipinski definition) is 5. The summed E-state index contributed by atoms with van der Waals surface area (Å²) in [5.41, 5.74) is 0.323. The molecule has 1 saturated heterocycles. The Morgan fingerprint density at radius 2 is 1.67 bits per heavy atom. The average molecular weight is 386 g/mol. The minimum absolute atomic E-state index is 0.362. The number of carbonyl (C=O) groups excluding carboxylic acids is 1. The third-order valence-corrected chi connectivity index (χ3v) is 5.38. The molecule has 1 amide bonds. The van der Waals surface area contributed by atoms with Crippen LogP contribution in [0.4, 0.5) is 14.6 Å². The molecule has 0 unspecified atom stereocenters. The molecule has 5 nitrogen and oxygen atoms in total. The van der Waals surface area contributed by atoms with E-state index < -0.39 is 23.1 Å². The maximum absolute atomic E-state index is 13.8. The maximum Gasteiger partial charge on any atom is 0.259 e. The number of nitrogens with zero attached hydrogens (tertiary/aromatic N) is 4. The first-order chi connectivity index (χ1) is 13.1. The van der Waals surface area contributed by atoms with E-state index in [1.165, 1.54) is 11.0 Å².